The Hall–Kier alpha value is -0.160. The molecule has 0 radical (unpaired) electrons. The van der Waals surface area contributed by atoms with Crippen molar-refractivity contribution in [3.63, 3.8) is 0 Å². The highest BCUT2D eigenvalue weighted by molar-refractivity contribution is 5.01. The van der Waals surface area contributed by atoms with Gasteiger partial charge in [0, 0.05) is 25.2 Å². The van der Waals surface area contributed by atoms with Crippen molar-refractivity contribution in [1.82, 2.24) is 4.90 Å². The Morgan fingerprint density at radius 1 is 1.11 bits per heavy atom. The SMILES string of the molecule is CC1CC(CN)(N2CC(C)OC(C)(C)C2)CC(C)O1. The highest BCUT2D eigenvalue weighted by atomic mass is 16.5. The van der Waals surface area contributed by atoms with Gasteiger partial charge < -0.3 is 15.2 Å². The van der Waals surface area contributed by atoms with Crippen LogP contribution in [0.15, 0.2) is 0 Å². The Kier molecular flexibility index (Phi) is 4.26. The quantitative estimate of drug-likeness (QED) is 0.831. The summed E-state index contributed by atoms with van der Waals surface area (Å²) in [6.07, 6.45) is 2.88. The molecular weight excluding hydrogens is 240 g/mol. The summed E-state index contributed by atoms with van der Waals surface area (Å²) in [5.74, 6) is 0. The average Bonchev–Trinajstić information content (AvgIpc) is 2.24. The second kappa shape index (κ2) is 5.32. The van der Waals surface area contributed by atoms with E-state index in [0.717, 1.165) is 25.9 Å². The zero-order chi connectivity index (χ0) is 14.3. The van der Waals surface area contributed by atoms with Crippen molar-refractivity contribution >= 4 is 0 Å². The van der Waals surface area contributed by atoms with Crippen LogP contribution in [0, 0.1) is 0 Å². The van der Waals surface area contributed by atoms with Crippen LogP contribution in [0.1, 0.15) is 47.5 Å². The van der Waals surface area contributed by atoms with Gasteiger partial charge in [0.25, 0.3) is 0 Å². The average molecular weight is 270 g/mol. The van der Waals surface area contributed by atoms with Crippen molar-refractivity contribution in [2.45, 2.75) is 76.9 Å². The number of nitrogens with two attached hydrogens (primary N) is 1. The first-order chi connectivity index (χ1) is 8.76. The minimum Gasteiger partial charge on any atom is -0.375 e. The molecule has 3 atom stereocenters. The van der Waals surface area contributed by atoms with Crippen molar-refractivity contribution in [2.24, 2.45) is 5.73 Å². The number of nitrogens with zero attached hydrogens (tertiary/aromatic N) is 1. The summed E-state index contributed by atoms with van der Waals surface area (Å²) in [7, 11) is 0. The first-order valence-corrected chi connectivity index (χ1v) is 7.55. The van der Waals surface area contributed by atoms with Crippen molar-refractivity contribution in [2.75, 3.05) is 19.6 Å². The maximum atomic E-state index is 6.19. The Morgan fingerprint density at radius 3 is 2.16 bits per heavy atom. The molecule has 0 bridgehead atoms. The minimum absolute atomic E-state index is 0.0758. The van der Waals surface area contributed by atoms with E-state index in [9.17, 15) is 0 Å². The molecule has 2 saturated heterocycles. The topological polar surface area (TPSA) is 47.7 Å². The molecule has 19 heavy (non-hydrogen) atoms. The fourth-order valence-electron chi connectivity index (χ4n) is 4.02. The van der Waals surface area contributed by atoms with Crippen molar-refractivity contribution < 1.29 is 9.47 Å². The van der Waals surface area contributed by atoms with E-state index in [1.54, 1.807) is 0 Å². The Labute approximate surface area is 117 Å². The molecule has 0 aromatic carbocycles. The zero-order valence-electron chi connectivity index (χ0n) is 13.1. The van der Waals surface area contributed by atoms with E-state index in [4.69, 9.17) is 15.2 Å². The lowest BCUT2D eigenvalue weighted by molar-refractivity contribution is -0.179. The molecule has 2 rings (SSSR count). The fraction of sp³-hybridized carbons (Fsp3) is 1.00. The van der Waals surface area contributed by atoms with Crippen LogP contribution in [0.2, 0.25) is 0 Å². The zero-order valence-corrected chi connectivity index (χ0v) is 13.1. The minimum atomic E-state index is -0.0926. The predicted octanol–water partition coefficient (Wildman–Crippen LogP) is 1.77. The first kappa shape index (κ1) is 15.2. The van der Waals surface area contributed by atoms with Crippen LogP contribution in [0.25, 0.3) is 0 Å². The normalized spacial score (nSPS) is 44.2. The van der Waals surface area contributed by atoms with Gasteiger partial charge in [-0.3, -0.25) is 4.90 Å². The number of ether oxygens (including phenoxy) is 2. The van der Waals surface area contributed by atoms with Gasteiger partial charge in [-0.2, -0.15) is 0 Å². The van der Waals surface area contributed by atoms with Gasteiger partial charge in [-0.25, -0.2) is 0 Å². The van der Waals surface area contributed by atoms with Crippen molar-refractivity contribution in [1.29, 1.82) is 0 Å². The van der Waals surface area contributed by atoms with E-state index in [1.807, 2.05) is 0 Å². The maximum Gasteiger partial charge on any atom is 0.0757 e. The van der Waals surface area contributed by atoms with E-state index in [0.29, 0.717) is 6.54 Å². The van der Waals surface area contributed by atoms with E-state index >= 15 is 0 Å². The van der Waals surface area contributed by atoms with Gasteiger partial charge in [-0.1, -0.05) is 0 Å². The molecule has 0 saturated carbocycles. The third kappa shape index (κ3) is 3.30. The summed E-state index contributed by atoms with van der Waals surface area (Å²) in [5, 5.41) is 0. The molecule has 0 aromatic heterocycles. The van der Waals surface area contributed by atoms with E-state index in [2.05, 4.69) is 39.5 Å². The summed E-state index contributed by atoms with van der Waals surface area (Å²) in [5.41, 5.74) is 6.17. The van der Waals surface area contributed by atoms with Gasteiger partial charge in [0.2, 0.25) is 0 Å². The van der Waals surface area contributed by atoms with Crippen LogP contribution in [-0.2, 0) is 9.47 Å². The highest BCUT2D eigenvalue weighted by Crippen LogP contribution is 2.36. The van der Waals surface area contributed by atoms with Crippen LogP contribution >= 0.6 is 0 Å². The number of hydrogen-bond acceptors (Lipinski definition) is 4. The standard InChI is InChI=1S/C15H30N2O2/c1-11-6-15(9-16,7-12(2)18-11)17-8-13(3)19-14(4,5)10-17/h11-13H,6-10,16H2,1-5H3. The second-order valence-corrected chi connectivity index (χ2v) is 7.16. The molecule has 0 aromatic rings. The Morgan fingerprint density at radius 2 is 1.68 bits per heavy atom. The molecule has 2 heterocycles. The monoisotopic (exact) mass is 270 g/mol. The van der Waals surface area contributed by atoms with E-state index in [1.165, 1.54) is 0 Å². The molecule has 4 heteroatoms. The number of rotatable bonds is 2. The van der Waals surface area contributed by atoms with Crippen LogP contribution in [0.3, 0.4) is 0 Å². The highest BCUT2D eigenvalue weighted by Gasteiger charge is 2.46. The maximum absolute atomic E-state index is 6.19. The number of hydrogen-bond donors (Lipinski definition) is 1. The van der Waals surface area contributed by atoms with Gasteiger partial charge in [0.1, 0.15) is 0 Å². The number of morpholine rings is 1. The summed E-state index contributed by atoms with van der Waals surface area (Å²) in [4.78, 5) is 2.57. The van der Waals surface area contributed by atoms with Crippen molar-refractivity contribution in [3.05, 3.63) is 0 Å². The van der Waals surface area contributed by atoms with Gasteiger partial charge in [-0.05, 0) is 47.5 Å². The summed E-state index contributed by atoms with van der Waals surface area (Å²) in [6.45, 7) is 13.5. The summed E-state index contributed by atoms with van der Waals surface area (Å²) < 4.78 is 11.9. The van der Waals surface area contributed by atoms with E-state index < -0.39 is 0 Å². The lowest BCUT2D eigenvalue weighted by Crippen LogP contribution is -2.66. The molecule has 3 unspecified atom stereocenters. The molecule has 112 valence electrons. The molecule has 0 amide bonds. The predicted molar refractivity (Wildman–Crippen MR) is 77.2 cm³/mol. The van der Waals surface area contributed by atoms with E-state index in [-0.39, 0.29) is 29.5 Å². The third-order valence-corrected chi connectivity index (χ3v) is 4.42. The Bertz CT molecular complexity index is 309. The molecule has 2 N–H and O–H groups in total. The summed E-state index contributed by atoms with van der Waals surface area (Å²) >= 11 is 0. The first-order valence-electron chi connectivity index (χ1n) is 7.55. The van der Waals surface area contributed by atoms with Gasteiger partial charge in [-0.15, -0.1) is 0 Å². The lowest BCUT2D eigenvalue weighted by atomic mass is 9.81. The lowest BCUT2D eigenvalue weighted by Gasteiger charge is -2.54. The fourth-order valence-corrected chi connectivity index (χ4v) is 4.02. The summed E-state index contributed by atoms with van der Waals surface area (Å²) in [6, 6.07) is 0. The molecule has 2 aliphatic heterocycles. The van der Waals surface area contributed by atoms with Gasteiger partial charge in [0.05, 0.1) is 23.9 Å². The van der Waals surface area contributed by atoms with Crippen LogP contribution < -0.4 is 5.73 Å². The second-order valence-electron chi connectivity index (χ2n) is 7.16. The molecular formula is C15H30N2O2. The molecule has 2 fully saturated rings. The van der Waals surface area contributed by atoms with Gasteiger partial charge in [0.15, 0.2) is 0 Å². The molecule has 0 spiro atoms. The van der Waals surface area contributed by atoms with Crippen LogP contribution in [-0.4, -0.2) is 54.0 Å². The largest absolute Gasteiger partial charge is 0.375 e. The van der Waals surface area contributed by atoms with Crippen molar-refractivity contribution in [3.8, 4) is 0 Å². The van der Waals surface area contributed by atoms with Gasteiger partial charge >= 0.3 is 0 Å². The Balaban J connectivity index is 2.20. The third-order valence-electron chi connectivity index (χ3n) is 4.42. The molecule has 2 aliphatic rings. The molecule has 0 aliphatic carbocycles. The molecule has 4 nitrogen and oxygen atoms in total. The van der Waals surface area contributed by atoms with Crippen LogP contribution in [0.5, 0.6) is 0 Å². The van der Waals surface area contributed by atoms with Crippen LogP contribution in [0.4, 0.5) is 0 Å². The smallest absolute Gasteiger partial charge is 0.0757 e.